The van der Waals surface area contributed by atoms with E-state index < -0.39 is 0 Å². The smallest absolute Gasteiger partial charge is 0.223 e. The standard InChI is InChI=1S/C9H16N6O/c1-16-6-2-3-15(5-6)8-4-7(14-11)12-9(10)13-8/h4,6H,2-3,5,11H2,1H3,(H3,10,12,13,14). The van der Waals surface area contributed by atoms with E-state index in [0.29, 0.717) is 5.82 Å². The number of nitrogens with one attached hydrogen (secondary N) is 1. The number of hydrogen-bond donors (Lipinski definition) is 3. The Labute approximate surface area is 93.8 Å². The van der Waals surface area contributed by atoms with Crippen LogP contribution in [0.25, 0.3) is 0 Å². The lowest BCUT2D eigenvalue weighted by Gasteiger charge is -2.17. The fourth-order valence-corrected chi connectivity index (χ4v) is 1.82. The number of rotatable bonds is 3. The molecule has 1 aromatic rings. The predicted molar refractivity (Wildman–Crippen MR) is 61.9 cm³/mol. The molecule has 0 bridgehead atoms. The van der Waals surface area contributed by atoms with Crippen LogP contribution in [-0.2, 0) is 4.74 Å². The van der Waals surface area contributed by atoms with Crippen LogP contribution >= 0.6 is 0 Å². The van der Waals surface area contributed by atoms with Gasteiger partial charge in [0.25, 0.3) is 0 Å². The van der Waals surface area contributed by atoms with E-state index in [9.17, 15) is 0 Å². The minimum Gasteiger partial charge on any atom is -0.380 e. The van der Waals surface area contributed by atoms with Crippen molar-refractivity contribution < 1.29 is 4.74 Å². The quantitative estimate of drug-likeness (QED) is 0.473. The first-order valence-electron chi connectivity index (χ1n) is 5.12. The first kappa shape index (κ1) is 10.9. The molecule has 7 heteroatoms. The van der Waals surface area contributed by atoms with E-state index in [1.807, 2.05) is 0 Å². The number of nitrogen functional groups attached to an aromatic ring is 2. The third-order valence-corrected chi connectivity index (χ3v) is 2.68. The number of nitrogens with zero attached hydrogens (tertiary/aromatic N) is 3. The molecule has 1 saturated heterocycles. The van der Waals surface area contributed by atoms with E-state index in [4.69, 9.17) is 16.3 Å². The summed E-state index contributed by atoms with van der Waals surface area (Å²) >= 11 is 0. The Kier molecular flexibility index (Phi) is 3.07. The summed E-state index contributed by atoms with van der Waals surface area (Å²) in [5.74, 6) is 6.81. The van der Waals surface area contributed by atoms with Gasteiger partial charge in [-0.25, -0.2) is 5.84 Å². The molecule has 2 heterocycles. The summed E-state index contributed by atoms with van der Waals surface area (Å²) < 4.78 is 5.29. The lowest BCUT2D eigenvalue weighted by molar-refractivity contribution is 0.121. The zero-order valence-electron chi connectivity index (χ0n) is 9.18. The van der Waals surface area contributed by atoms with Crippen LogP contribution in [0.1, 0.15) is 6.42 Å². The van der Waals surface area contributed by atoms with Gasteiger partial charge < -0.3 is 20.8 Å². The van der Waals surface area contributed by atoms with Crippen LogP contribution < -0.4 is 21.9 Å². The zero-order valence-corrected chi connectivity index (χ0v) is 9.18. The highest BCUT2D eigenvalue weighted by Crippen LogP contribution is 2.22. The summed E-state index contributed by atoms with van der Waals surface area (Å²) in [7, 11) is 1.72. The van der Waals surface area contributed by atoms with E-state index in [-0.39, 0.29) is 12.1 Å². The number of methoxy groups -OCH3 is 1. The Morgan fingerprint density at radius 3 is 3.00 bits per heavy atom. The minimum absolute atomic E-state index is 0.214. The Bertz CT molecular complexity index is 371. The van der Waals surface area contributed by atoms with Gasteiger partial charge >= 0.3 is 0 Å². The summed E-state index contributed by atoms with van der Waals surface area (Å²) in [4.78, 5) is 10.2. The second kappa shape index (κ2) is 4.50. The number of hydrazine groups is 1. The third kappa shape index (κ3) is 2.15. The number of ether oxygens (including phenoxy) is 1. The molecule has 88 valence electrons. The Balaban J connectivity index is 2.17. The number of hydrogen-bond acceptors (Lipinski definition) is 7. The molecule has 1 aliphatic heterocycles. The second-order valence-electron chi connectivity index (χ2n) is 3.71. The van der Waals surface area contributed by atoms with Crippen LogP contribution in [0.3, 0.4) is 0 Å². The number of aromatic nitrogens is 2. The normalized spacial score (nSPS) is 20.1. The van der Waals surface area contributed by atoms with Crippen LogP contribution in [0.15, 0.2) is 6.07 Å². The van der Waals surface area contributed by atoms with E-state index in [0.717, 1.165) is 25.3 Å². The van der Waals surface area contributed by atoms with Crippen LogP contribution in [-0.4, -0.2) is 36.3 Å². The highest BCUT2D eigenvalue weighted by Gasteiger charge is 2.23. The summed E-state index contributed by atoms with van der Waals surface area (Å²) in [5, 5.41) is 0. The van der Waals surface area contributed by atoms with E-state index in [1.54, 1.807) is 13.2 Å². The minimum atomic E-state index is 0.214. The second-order valence-corrected chi connectivity index (χ2v) is 3.71. The molecular weight excluding hydrogens is 208 g/mol. The molecule has 0 aromatic carbocycles. The van der Waals surface area contributed by atoms with Crippen molar-refractivity contribution in [2.45, 2.75) is 12.5 Å². The van der Waals surface area contributed by atoms with Crippen LogP contribution in [0.4, 0.5) is 17.6 Å². The summed E-state index contributed by atoms with van der Waals surface area (Å²) in [6.45, 7) is 1.72. The summed E-state index contributed by atoms with van der Waals surface area (Å²) in [5.41, 5.74) is 8.06. The third-order valence-electron chi connectivity index (χ3n) is 2.68. The maximum absolute atomic E-state index is 5.59. The number of nitrogens with two attached hydrogens (primary N) is 2. The lowest BCUT2D eigenvalue weighted by atomic mass is 10.3. The van der Waals surface area contributed by atoms with Gasteiger partial charge in [0.05, 0.1) is 6.10 Å². The molecule has 5 N–H and O–H groups in total. The fraction of sp³-hybridized carbons (Fsp3) is 0.556. The molecular formula is C9H16N6O. The first-order valence-corrected chi connectivity index (χ1v) is 5.12. The Hall–Kier alpha value is -1.60. The van der Waals surface area contributed by atoms with Crippen LogP contribution in [0.5, 0.6) is 0 Å². The molecule has 1 atom stereocenters. The monoisotopic (exact) mass is 224 g/mol. The van der Waals surface area contributed by atoms with Crippen molar-refractivity contribution in [3.05, 3.63) is 6.07 Å². The molecule has 7 nitrogen and oxygen atoms in total. The Morgan fingerprint density at radius 1 is 1.56 bits per heavy atom. The van der Waals surface area contributed by atoms with Crippen molar-refractivity contribution in [2.75, 3.05) is 36.3 Å². The molecule has 0 saturated carbocycles. The van der Waals surface area contributed by atoms with Gasteiger partial charge in [0.2, 0.25) is 5.95 Å². The van der Waals surface area contributed by atoms with Crippen molar-refractivity contribution in [1.82, 2.24) is 9.97 Å². The van der Waals surface area contributed by atoms with Crippen molar-refractivity contribution >= 4 is 17.6 Å². The molecule has 0 radical (unpaired) electrons. The van der Waals surface area contributed by atoms with E-state index in [1.165, 1.54) is 0 Å². The van der Waals surface area contributed by atoms with Gasteiger partial charge in [-0.15, -0.1) is 0 Å². The molecule has 0 amide bonds. The van der Waals surface area contributed by atoms with Crippen LogP contribution in [0, 0.1) is 0 Å². The van der Waals surface area contributed by atoms with Gasteiger partial charge in [0, 0.05) is 26.3 Å². The molecule has 1 aromatic heterocycles. The number of anilines is 3. The molecule has 1 unspecified atom stereocenters. The van der Waals surface area contributed by atoms with Gasteiger partial charge in [-0.1, -0.05) is 0 Å². The first-order chi connectivity index (χ1) is 7.72. The van der Waals surface area contributed by atoms with Gasteiger partial charge in [-0.05, 0) is 6.42 Å². The summed E-state index contributed by atoms with van der Waals surface area (Å²) in [6.07, 6.45) is 1.25. The highest BCUT2D eigenvalue weighted by molar-refractivity contribution is 5.52. The van der Waals surface area contributed by atoms with Crippen molar-refractivity contribution in [3.8, 4) is 0 Å². The average Bonchev–Trinajstić information content (AvgIpc) is 2.76. The van der Waals surface area contributed by atoms with Gasteiger partial charge in [0.1, 0.15) is 11.6 Å². The summed E-state index contributed by atoms with van der Waals surface area (Å²) in [6, 6.07) is 1.77. The van der Waals surface area contributed by atoms with E-state index >= 15 is 0 Å². The molecule has 2 rings (SSSR count). The van der Waals surface area contributed by atoms with Crippen LogP contribution in [0.2, 0.25) is 0 Å². The molecule has 1 aliphatic rings. The SMILES string of the molecule is COC1CCN(c2cc(NN)nc(N)n2)C1. The van der Waals surface area contributed by atoms with E-state index in [2.05, 4.69) is 20.3 Å². The highest BCUT2D eigenvalue weighted by atomic mass is 16.5. The average molecular weight is 224 g/mol. The molecule has 16 heavy (non-hydrogen) atoms. The fourth-order valence-electron chi connectivity index (χ4n) is 1.82. The zero-order chi connectivity index (χ0) is 11.5. The molecule has 1 fully saturated rings. The maximum atomic E-state index is 5.59. The molecule has 0 aliphatic carbocycles. The molecule has 0 spiro atoms. The van der Waals surface area contributed by atoms with Gasteiger partial charge in [-0.2, -0.15) is 9.97 Å². The Morgan fingerprint density at radius 2 is 2.38 bits per heavy atom. The van der Waals surface area contributed by atoms with Crippen molar-refractivity contribution in [3.63, 3.8) is 0 Å². The largest absolute Gasteiger partial charge is 0.380 e. The van der Waals surface area contributed by atoms with Gasteiger partial charge in [0.15, 0.2) is 0 Å². The van der Waals surface area contributed by atoms with Crippen molar-refractivity contribution in [2.24, 2.45) is 5.84 Å². The van der Waals surface area contributed by atoms with Gasteiger partial charge in [-0.3, -0.25) is 0 Å². The topological polar surface area (TPSA) is 102 Å². The predicted octanol–water partition coefficient (Wildman–Crippen LogP) is -0.430. The van der Waals surface area contributed by atoms with Crippen molar-refractivity contribution in [1.29, 1.82) is 0 Å². The lowest BCUT2D eigenvalue weighted by Crippen LogP contribution is -2.24. The maximum Gasteiger partial charge on any atom is 0.223 e.